The third-order valence-corrected chi connectivity index (χ3v) is 5.31. The van der Waals surface area contributed by atoms with Crippen LogP contribution in [0.4, 0.5) is 0 Å². The maximum Gasteiger partial charge on any atom is 0.0591 e. The fourth-order valence-corrected chi connectivity index (χ4v) is 3.22. The molecule has 6 fully saturated rings. The first-order valence-corrected chi connectivity index (χ1v) is 28.2. The minimum atomic E-state index is 0. The van der Waals surface area contributed by atoms with E-state index in [1.54, 1.807) is 0 Å². The predicted molar refractivity (Wildman–Crippen MR) is 309 cm³/mol. The van der Waals surface area contributed by atoms with Gasteiger partial charge in [-0.15, -0.1) is 0 Å². The minimum Gasteiger partial charge on any atom is -0.381 e. The molecular weight excluding hydrogens is 785 g/mol. The van der Waals surface area contributed by atoms with E-state index in [0.29, 0.717) is 0 Å². The second-order valence-corrected chi connectivity index (χ2v) is 18.0. The van der Waals surface area contributed by atoms with Crippen molar-refractivity contribution in [1.82, 2.24) is 10.6 Å². The van der Waals surface area contributed by atoms with Crippen molar-refractivity contribution in [3.63, 3.8) is 0 Å². The van der Waals surface area contributed by atoms with Crippen LogP contribution in [0.3, 0.4) is 0 Å². The molecule has 2 saturated carbocycles. The molecule has 0 bridgehead atoms. The Morgan fingerprint density at radius 1 is 0.266 bits per heavy atom. The first-order chi connectivity index (χ1) is 30.1. The molecule has 5 nitrogen and oxygen atoms in total. The van der Waals surface area contributed by atoms with Crippen molar-refractivity contribution in [2.45, 2.75) is 297 Å². The lowest BCUT2D eigenvalue weighted by molar-refractivity contribution is 0.0968. The van der Waals surface area contributed by atoms with Gasteiger partial charge in [0, 0.05) is 39.5 Å². The van der Waals surface area contributed by atoms with Crippen LogP contribution in [0.2, 0.25) is 0 Å². The summed E-state index contributed by atoms with van der Waals surface area (Å²) in [5, 5.41) is 6.38. The molecule has 2 aliphatic carbocycles. The van der Waals surface area contributed by atoms with Crippen molar-refractivity contribution < 1.29 is 14.2 Å². The van der Waals surface area contributed by atoms with Crippen LogP contribution >= 0.6 is 0 Å². The average molecular weight is 930 g/mol. The largest absolute Gasteiger partial charge is 0.381 e. The Balaban J connectivity index is -0.0000000454. The summed E-state index contributed by atoms with van der Waals surface area (Å²) in [7, 11) is 0. The highest BCUT2D eigenvalue weighted by atomic mass is 16.5. The summed E-state index contributed by atoms with van der Waals surface area (Å²) in [4.78, 5) is 0. The summed E-state index contributed by atoms with van der Waals surface area (Å²) < 4.78 is 15.0. The molecule has 6 aliphatic rings. The van der Waals surface area contributed by atoms with Crippen LogP contribution in [0, 0.1) is 29.6 Å². The molecule has 0 aromatic rings. The molecule has 2 N–H and O–H groups in total. The Labute approximate surface area is 415 Å². The highest BCUT2D eigenvalue weighted by Crippen LogP contribution is 2.15. The zero-order chi connectivity index (χ0) is 51.8. The fourth-order valence-electron chi connectivity index (χ4n) is 3.22. The zero-order valence-electron chi connectivity index (χ0n) is 50.5. The summed E-state index contributed by atoms with van der Waals surface area (Å²) in [5.74, 6) is 4.17. The van der Waals surface area contributed by atoms with Crippen LogP contribution in [0.5, 0.6) is 0 Å². The lowest BCUT2D eigenvalue weighted by atomic mass is 10.2. The second kappa shape index (κ2) is 114. The molecule has 408 valence electrons. The van der Waals surface area contributed by atoms with Gasteiger partial charge in [-0.3, -0.25) is 0 Å². The van der Waals surface area contributed by atoms with Crippen LogP contribution in [-0.4, -0.2) is 65.8 Å². The van der Waals surface area contributed by atoms with Crippen molar-refractivity contribution in [3.8, 4) is 0 Å². The van der Waals surface area contributed by atoms with Gasteiger partial charge in [0.25, 0.3) is 0 Å². The van der Waals surface area contributed by atoms with Gasteiger partial charge in [0.1, 0.15) is 0 Å². The van der Waals surface area contributed by atoms with Gasteiger partial charge >= 0.3 is 0 Å². The molecule has 0 radical (unpaired) electrons. The Hall–Kier alpha value is -0.200. The number of morpholine rings is 1. The molecule has 5 heteroatoms. The van der Waals surface area contributed by atoms with E-state index >= 15 is 0 Å². The summed E-state index contributed by atoms with van der Waals surface area (Å²) >= 11 is 0. The molecule has 0 spiro atoms. The summed E-state index contributed by atoms with van der Waals surface area (Å²) in [6, 6.07) is 0. The van der Waals surface area contributed by atoms with Crippen molar-refractivity contribution in [1.29, 1.82) is 0 Å². The normalized spacial score (nSPS) is 14.8. The predicted octanol–water partition coefficient (Wildman–Crippen LogP) is 20.6. The minimum absolute atomic E-state index is 0. The second-order valence-electron chi connectivity index (χ2n) is 18.0. The third-order valence-electron chi connectivity index (χ3n) is 5.31. The summed E-state index contributed by atoms with van der Waals surface area (Å²) in [6.45, 7) is 67.1. The molecule has 0 atom stereocenters. The van der Waals surface area contributed by atoms with Crippen molar-refractivity contribution >= 4 is 0 Å². The monoisotopic (exact) mass is 929 g/mol. The molecular formula is C59H144N2O3. The topological polar surface area (TPSA) is 51.8 Å². The number of hydrogen-bond donors (Lipinski definition) is 2. The standard InChI is InChI=1S/C5H10O.C5H10.C4H9NO.C4H9N.C4H8O.5C4H10.C3H6.C3H8.5C2H6.CH4/c1-2-4-6-5-3-1;1-2-4-5-3-1;1-3-6-4-2-5-1;2*1-2-4-5-3-1;5*1-4(2)3;1-2-3-1;1-3-2;5*1-2;/h1-5H2;1-5H2;5H,1-4H2;5H,1-4H2;1-4H2;5*4H,1-3H3;1-3H2;3H2,1-2H3;5*1-2H3;1H4. The number of nitrogens with one attached hydrogen (secondary N) is 2. The molecule has 4 aliphatic heterocycles. The summed E-state index contributed by atoms with van der Waals surface area (Å²) in [6.07, 6.45) is 22.5. The lowest BCUT2D eigenvalue weighted by Crippen LogP contribution is -2.30. The quantitative estimate of drug-likeness (QED) is 0.253. The van der Waals surface area contributed by atoms with E-state index in [4.69, 9.17) is 14.2 Å². The maximum absolute atomic E-state index is 5.07. The van der Waals surface area contributed by atoms with Gasteiger partial charge in [-0.2, -0.15) is 0 Å². The molecule has 0 unspecified atom stereocenters. The van der Waals surface area contributed by atoms with Crippen molar-refractivity contribution in [2.75, 3.05) is 65.8 Å². The van der Waals surface area contributed by atoms with Crippen LogP contribution in [0.1, 0.15) is 297 Å². The van der Waals surface area contributed by atoms with E-state index in [9.17, 15) is 0 Å². The molecule has 6 rings (SSSR count). The Morgan fingerprint density at radius 3 is 0.484 bits per heavy atom. The van der Waals surface area contributed by atoms with Crippen molar-refractivity contribution in [2.24, 2.45) is 29.6 Å². The Bertz CT molecular complexity index is 373. The van der Waals surface area contributed by atoms with E-state index in [1.807, 2.05) is 69.2 Å². The van der Waals surface area contributed by atoms with Crippen LogP contribution < -0.4 is 10.6 Å². The van der Waals surface area contributed by atoms with Gasteiger partial charge in [-0.05, 0) is 87.6 Å². The molecule has 0 aromatic carbocycles. The van der Waals surface area contributed by atoms with E-state index in [0.717, 1.165) is 82.3 Å². The third kappa shape index (κ3) is 296. The Kier molecular flexibility index (Phi) is 168. The van der Waals surface area contributed by atoms with Crippen LogP contribution in [-0.2, 0) is 14.2 Å². The van der Waals surface area contributed by atoms with Gasteiger partial charge in [0.15, 0.2) is 0 Å². The lowest BCUT2D eigenvalue weighted by Gasteiger charge is -2.10. The fraction of sp³-hybridized carbons (Fsp3) is 1.00. The van der Waals surface area contributed by atoms with Crippen LogP contribution in [0.15, 0.2) is 0 Å². The van der Waals surface area contributed by atoms with Gasteiger partial charge < -0.3 is 24.8 Å². The number of rotatable bonds is 0. The van der Waals surface area contributed by atoms with Crippen LogP contribution in [0.25, 0.3) is 0 Å². The molecule has 0 amide bonds. The average Bonchev–Trinajstić information content (AvgIpc) is 3.72. The van der Waals surface area contributed by atoms with Gasteiger partial charge in [0.05, 0.1) is 13.2 Å². The zero-order valence-corrected chi connectivity index (χ0v) is 50.5. The number of ether oxygens (including phenoxy) is 3. The first kappa shape index (κ1) is 93.8. The molecule has 4 saturated heterocycles. The van der Waals surface area contributed by atoms with Gasteiger partial charge in [-0.1, -0.05) is 252 Å². The number of hydrogen-bond acceptors (Lipinski definition) is 5. The van der Waals surface area contributed by atoms with E-state index in [1.165, 1.54) is 116 Å². The first-order valence-electron chi connectivity index (χ1n) is 28.2. The molecule has 0 aromatic heterocycles. The van der Waals surface area contributed by atoms with E-state index in [2.05, 4.69) is 128 Å². The summed E-state index contributed by atoms with van der Waals surface area (Å²) in [5.41, 5.74) is 0. The SMILES string of the molecule is C.C1CC1.C1CCCC1.C1CCNC1.C1CCOC1.C1CCOCC1.C1COCCN1.CC.CC.CC.CC.CC.CC(C)C.CC(C)C.CC(C)C.CC(C)C.CC(C)C.CCC. The van der Waals surface area contributed by atoms with Crippen molar-refractivity contribution in [3.05, 3.63) is 0 Å². The van der Waals surface area contributed by atoms with E-state index < -0.39 is 0 Å². The highest BCUT2D eigenvalue weighted by Gasteiger charge is 1.97. The van der Waals surface area contributed by atoms with Gasteiger partial charge in [-0.25, -0.2) is 0 Å². The van der Waals surface area contributed by atoms with E-state index in [-0.39, 0.29) is 7.43 Å². The van der Waals surface area contributed by atoms with Gasteiger partial charge in [0.2, 0.25) is 0 Å². The Morgan fingerprint density at radius 2 is 0.406 bits per heavy atom. The molecule has 64 heavy (non-hydrogen) atoms. The molecule has 4 heterocycles. The highest BCUT2D eigenvalue weighted by molar-refractivity contribution is 4.55. The maximum atomic E-state index is 5.07. The smallest absolute Gasteiger partial charge is 0.0591 e.